The van der Waals surface area contributed by atoms with E-state index in [1.54, 1.807) is 54.3 Å². The Kier molecular flexibility index (Phi) is 5.80. The van der Waals surface area contributed by atoms with Crippen molar-refractivity contribution in [2.75, 3.05) is 7.11 Å². The number of methoxy groups -OCH3 is 1. The van der Waals surface area contributed by atoms with Crippen molar-refractivity contribution in [2.45, 2.75) is 6.67 Å². The Hall–Kier alpha value is -2.27. The van der Waals surface area contributed by atoms with E-state index in [2.05, 4.69) is 5.32 Å². The van der Waals surface area contributed by atoms with Crippen LogP contribution in [-0.2, 0) is 6.67 Å². The average Bonchev–Trinajstić information content (AvgIpc) is 2.45. The predicted molar refractivity (Wildman–Crippen MR) is 68.8 cm³/mol. The summed E-state index contributed by atoms with van der Waals surface area (Å²) in [6.45, 7) is 0.282. The quantitative estimate of drug-likeness (QED) is 0.646. The van der Waals surface area contributed by atoms with Crippen LogP contribution in [0.4, 0.5) is 0 Å². The van der Waals surface area contributed by atoms with E-state index in [4.69, 9.17) is 4.74 Å². The zero-order valence-electron chi connectivity index (χ0n) is 10.9. The van der Waals surface area contributed by atoms with Crippen LogP contribution >= 0.6 is 0 Å². The minimum Gasteiger partial charge on any atom is -1.00 e. The number of hydrogen-bond donors (Lipinski definition) is 2. The third-order valence-corrected chi connectivity index (χ3v) is 2.60. The molecular weight excluding hydrogens is 280 g/mol. The summed E-state index contributed by atoms with van der Waals surface area (Å²) in [6.07, 6.45) is 3.29. The second-order valence-electron chi connectivity index (χ2n) is 3.97. The second kappa shape index (κ2) is 7.35. The topological polar surface area (TPSA) is 62.4 Å². The van der Waals surface area contributed by atoms with Crippen LogP contribution in [0.5, 0.6) is 11.5 Å². The van der Waals surface area contributed by atoms with Gasteiger partial charge in [0, 0.05) is 11.6 Å². The molecular formula is C14H15ClN2O3. The molecule has 0 bridgehead atoms. The standard InChI is InChI=1S/C14H14N2O3.ClH/c1-19-13-6-2-4-11(8-13)14(18)15-10-16-7-3-5-12(17)9-16;/h2-9H,10H2,1H3,(H-,15,17,18);1H. The number of carbonyl (C=O) groups excluding carboxylic acids is 1. The second-order valence-corrected chi connectivity index (χ2v) is 3.97. The first kappa shape index (κ1) is 15.8. The van der Waals surface area contributed by atoms with Crippen molar-refractivity contribution in [3.63, 3.8) is 0 Å². The number of nitrogens with zero attached hydrogens (tertiary/aromatic N) is 1. The molecule has 0 aliphatic heterocycles. The third-order valence-electron chi connectivity index (χ3n) is 2.60. The molecule has 1 amide bonds. The lowest BCUT2D eigenvalue weighted by atomic mass is 10.2. The lowest BCUT2D eigenvalue weighted by Gasteiger charge is -2.04. The molecule has 0 saturated heterocycles. The molecule has 1 aromatic heterocycles. The number of rotatable bonds is 4. The summed E-state index contributed by atoms with van der Waals surface area (Å²) in [7, 11) is 1.56. The van der Waals surface area contributed by atoms with Gasteiger partial charge in [0.15, 0.2) is 11.9 Å². The van der Waals surface area contributed by atoms with Crippen molar-refractivity contribution in [3.8, 4) is 11.5 Å². The molecule has 0 atom stereocenters. The number of ether oxygens (including phenoxy) is 1. The Bertz CT molecular complexity index is 590. The third kappa shape index (κ3) is 4.13. The summed E-state index contributed by atoms with van der Waals surface area (Å²) in [5.41, 5.74) is 0.528. The molecule has 2 rings (SSSR count). The highest BCUT2D eigenvalue weighted by molar-refractivity contribution is 5.94. The van der Waals surface area contributed by atoms with Crippen molar-refractivity contribution in [1.29, 1.82) is 0 Å². The summed E-state index contributed by atoms with van der Waals surface area (Å²) < 4.78 is 6.74. The van der Waals surface area contributed by atoms with Gasteiger partial charge in [0.25, 0.3) is 5.91 Å². The molecule has 1 aromatic carbocycles. The number of pyridine rings is 1. The number of nitrogens with one attached hydrogen (secondary N) is 1. The normalized spacial score (nSPS) is 9.45. The first-order valence-corrected chi connectivity index (χ1v) is 5.79. The van der Waals surface area contributed by atoms with Crippen molar-refractivity contribution < 1.29 is 31.6 Å². The largest absolute Gasteiger partial charge is 1.00 e. The lowest BCUT2D eigenvalue weighted by Crippen LogP contribution is -3.00. The summed E-state index contributed by atoms with van der Waals surface area (Å²) in [6, 6.07) is 10.2. The Morgan fingerprint density at radius 3 is 2.85 bits per heavy atom. The number of benzene rings is 1. The van der Waals surface area contributed by atoms with Gasteiger partial charge in [-0.2, -0.15) is 4.57 Å². The van der Waals surface area contributed by atoms with E-state index in [1.165, 1.54) is 6.20 Å². The van der Waals surface area contributed by atoms with Crippen LogP contribution in [0.3, 0.4) is 0 Å². The number of hydrogen-bond acceptors (Lipinski definition) is 3. The van der Waals surface area contributed by atoms with Gasteiger partial charge >= 0.3 is 0 Å². The van der Waals surface area contributed by atoms with Gasteiger partial charge in [0.2, 0.25) is 12.9 Å². The Balaban J connectivity index is 0.00000200. The van der Waals surface area contributed by atoms with Gasteiger partial charge in [-0.25, -0.2) is 0 Å². The molecule has 0 spiro atoms. The molecule has 5 nitrogen and oxygen atoms in total. The summed E-state index contributed by atoms with van der Waals surface area (Å²) in [5, 5.41) is 12.1. The molecule has 2 aromatic rings. The number of amides is 1. The van der Waals surface area contributed by atoms with Crippen LogP contribution < -0.4 is 27.0 Å². The monoisotopic (exact) mass is 294 g/mol. The van der Waals surface area contributed by atoms with Crippen LogP contribution in [0.25, 0.3) is 0 Å². The first-order chi connectivity index (χ1) is 9.19. The van der Waals surface area contributed by atoms with E-state index in [1.807, 2.05) is 0 Å². The molecule has 0 aliphatic rings. The zero-order valence-corrected chi connectivity index (χ0v) is 11.7. The fraction of sp³-hybridized carbons (Fsp3) is 0.143. The van der Waals surface area contributed by atoms with Crippen molar-refractivity contribution in [2.24, 2.45) is 0 Å². The van der Waals surface area contributed by atoms with E-state index in [0.717, 1.165) is 0 Å². The van der Waals surface area contributed by atoms with E-state index >= 15 is 0 Å². The lowest BCUT2D eigenvalue weighted by molar-refractivity contribution is -0.700. The minimum atomic E-state index is -0.199. The van der Waals surface area contributed by atoms with E-state index in [9.17, 15) is 9.90 Å². The first-order valence-electron chi connectivity index (χ1n) is 5.79. The van der Waals surface area contributed by atoms with Crippen LogP contribution in [0.2, 0.25) is 0 Å². The number of halogens is 1. The van der Waals surface area contributed by atoms with E-state index < -0.39 is 0 Å². The molecule has 2 N–H and O–H groups in total. The fourth-order valence-electron chi connectivity index (χ4n) is 1.64. The molecule has 0 saturated carbocycles. The van der Waals surface area contributed by atoms with Gasteiger partial charge in [-0.3, -0.25) is 10.1 Å². The number of aromatic hydroxyl groups is 1. The molecule has 1 heterocycles. The highest BCUT2D eigenvalue weighted by Crippen LogP contribution is 2.12. The smallest absolute Gasteiger partial charge is 0.256 e. The van der Waals surface area contributed by atoms with Gasteiger partial charge in [-0.1, -0.05) is 6.07 Å². The number of carbonyl (C=O) groups is 1. The highest BCUT2D eigenvalue weighted by atomic mass is 35.5. The van der Waals surface area contributed by atoms with Gasteiger partial charge in [-0.15, -0.1) is 0 Å². The summed E-state index contributed by atoms with van der Waals surface area (Å²) >= 11 is 0. The molecule has 0 fully saturated rings. The molecule has 0 aliphatic carbocycles. The zero-order chi connectivity index (χ0) is 13.7. The molecule has 0 unspecified atom stereocenters. The van der Waals surface area contributed by atoms with Crippen molar-refractivity contribution in [1.82, 2.24) is 5.32 Å². The van der Waals surface area contributed by atoms with Gasteiger partial charge < -0.3 is 22.3 Å². The van der Waals surface area contributed by atoms with Crippen LogP contribution in [0.1, 0.15) is 10.4 Å². The molecule has 6 heteroatoms. The predicted octanol–water partition coefficient (Wildman–Crippen LogP) is -1.92. The van der Waals surface area contributed by atoms with Crippen LogP contribution in [-0.4, -0.2) is 18.1 Å². The van der Waals surface area contributed by atoms with Gasteiger partial charge in [0.1, 0.15) is 5.75 Å². The van der Waals surface area contributed by atoms with Crippen LogP contribution in [0, 0.1) is 0 Å². The van der Waals surface area contributed by atoms with Gasteiger partial charge in [0.05, 0.1) is 7.11 Å². The minimum absolute atomic E-state index is 0. The molecule has 0 radical (unpaired) electrons. The summed E-state index contributed by atoms with van der Waals surface area (Å²) in [5.74, 6) is 0.588. The maximum absolute atomic E-state index is 11.9. The molecule has 20 heavy (non-hydrogen) atoms. The van der Waals surface area contributed by atoms with Crippen LogP contribution in [0.15, 0.2) is 48.8 Å². The average molecular weight is 295 g/mol. The maximum atomic E-state index is 11.9. The van der Waals surface area contributed by atoms with Crippen molar-refractivity contribution >= 4 is 5.91 Å². The van der Waals surface area contributed by atoms with Gasteiger partial charge in [-0.05, 0) is 24.3 Å². The summed E-state index contributed by atoms with van der Waals surface area (Å²) in [4.78, 5) is 11.9. The fourth-order valence-corrected chi connectivity index (χ4v) is 1.64. The SMILES string of the molecule is COc1cccc(C(=O)NC[n+]2cccc(O)c2)c1.[Cl-]. The maximum Gasteiger partial charge on any atom is 0.256 e. The Morgan fingerprint density at radius 1 is 1.35 bits per heavy atom. The Morgan fingerprint density at radius 2 is 2.15 bits per heavy atom. The Labute approximate surface area is 123 Å². The van der Waals surface area contributed by atoms with E-state index in [-0.39, 0.29) is 30.7 Å². The number of aromatic nitrogens is 1. The highest BCUT2D eigenvalue weighted by Gasteiger charge is 2.08. The van der Waals surface area contributed by atoms with Crippen molar-refractivity contribution in [3.05, 3.63) is 54.4 Å². The van der Waals surface area contributed by atoms with E-state index in [0.29, 0.717) is 11.3 Å². The molecule has 106 valence electrons.